The lowest BCUT2D eigenvalue weighted by Gasteiger charge is -2.03. The van der Waals surface area contributed by atoms with Gasteiger partial charge in [0.1, 0.15) is 5.82 Å². The van der Waals surface area contributed by atoms with E-state index >= 15 is 0 Å². The minimum atomic E-state index is -1.17. The van der Waals surface area contributed by atoms with E-state index in [1.807, 2.05) is 0 Å². The highest BCUT2D eigenvalue weighted by molar-refractivity contribution is 7.85. The summed E-state index contributed by atoms with van der Waals surface area (Å²) < 4.78 is 29.6. The molecule has 0 radical (unpaired) electrons. The molecule has 0 amide bonds. The summed E-state index contributed by atoms with van der Waals surface area (Å²) in [6.45, 7) is 2.18. The zero-order valence-corrected chi connectivity index (χ0v) is 11.9. The summed E-state index contributed by atoms with van der Waals surface area (Å²) in [5, 5.41) is 0. The molecule has 1 rings (SSSR count). The van der Waals surface area contributed by atoms with Gasteiger partial charge in [0.2, 0.25) is 0 Å². The highest BCUT2D eigenvalue weighted by atomic mass is 32.2. The number of hydrogen-bond donors (Lipinski definition) is 0. The fraction of sp³-hybridized carbons (Fsp3) is 0.500. The van der Waals surface area contributed by atoms with Crippen molar-refractivity contribution in [2.45, 2.75) is 37.5 Å². The van der Waals surface area contributed by atoms with E-state index < -0.39 is 10.8 Å². The lowest BCUT2D eigenvalue weighted by Crippen LogP contribution is -2.04. The number of rotatable bonds is 8. The summed E-state index contributed by atoms with van der Waals surface area (Å²) in [4.78, 5) is 11.6. The highest BCUT2D eigenvalue weighted by Gasteiger charge is 2.05. The topological polar surface area (TPSA) is 43.4 Å². The quantitative estimate of drug-likeness (QED) is 0.545. The number of benzene rings is 1. The van der Waals surface area contributed by atoms with Crippen molar-refractivity contribution in [3.63, 3.8) is 0 Å². The molecule has 0 N–H and O–H groups in total. The van der Waals surface area contributed by atoms with Crippen molar-refractivity contribution in [3.8, 4) is 0 Å². The molecule has 0 saturated carbocycles. The van der Waals surface area contributed by atoms with Gasteiger partial charge in [0.25, 0.3) is 0 Å². The van der Waals surface area contributed by atoms with Crippen molar-refractivity contribution in [2.75, 3.05) is 12.4 Å². The van der Waals surface area contributed by atoms with E-state index in [0.29, 0.717) is 23.7 Å². The molecule has 1 aromatic carbocycles. The fourth-order valence-electron chi connectivity index (χ4n) is 1.64. The molecular formula is C14H19FO3S. The van der Waals surface area contributed by atoms with Crippen molar-refractivity contribution in [2.24, 2.45) is 0 Å². The van der Waals surface area contributed by atoms with Gasteiger partial charge in [0.15, 0.2) is 0 Å². The molecule has 0 saturated heterocycles. The maximum absolute atomic E-state index is 12.9. The molecule has 1 unspecified atom stereocenters. The molecular weight excluding hydrogens is 267 g/mol. The number of ether oxygens (including phenoxy) is 1. The van der Waals surface area contributed by atoms with Crippen LogP contribution in [0.5, 0.6) is 0 Å². The van der Waals surface area contributed by atoms with Gasteiger partial charge in [-0.1, -0.05) is 12.5 Å². The van der Waals surface area contributed by atoms with Gasteiger partial charge in [-0.3, -0.25) is 9.00 Å². The van der Waals surface area contributed by atoms with Crippen LogP contribution < -0.4 is 0 Å². The second-order valence-electron chi connectivity index (χ2n) is 4.12. The molecule has 1 atom stereocenters. The van der Waals surface area contributed by atoms with Gasteiger partial charge in [0, 0.05) is 17.1 Å². The Morgan fingerprint density at radius 1 is 1.32 bits per heavy atom. The Labute approximate surface area is 115 Å². The molecule has 0 heterocycles. The van der Waals surface area contributed by atoms with Crippen LogP contribution in [0.2, 0.25) is 0 Å². The van der Waals surface area contributed by atoms with Crippen molar-refractivity contribution >= 4 is 16.8 Å². The van der Waals surface area contributed by atoms with E-state index in [1.54, 1.807) is 19.1 Å². The SMILES string of the molecule is CCOC(=O)CCCCCS(=O)c1cccc(F)c1. The number of esters is 1. The number of hydrogen-bond acceptors (Lipinski definition) is 3. The largest absolute Gasteiger partial charge is 0.466 e. The predicted molar refractivity (Wildman–Crippen MR) is 72.8 cm³/mol. The minimum Gasteiger partial charge on any atom is -0.466 e. The molecule has 5 heteroatoms. The van der Waals surface area contributed by atoms with E-state index in [-0.39, 0.29) is 11.8 Å². The van der Waals surface area contributed by atoms with Crippen molar-refractivity contribution < 1.29 is 18.1 Å². The fourth-order valence-corrected chi connectivity index (χ4v) is 2.82. The lowest BCUT2D eigenvalue weighted by atomic mass is 10.2. The van der Waals surface area contributed by atoms with Crippen LogP contribution >= 0.6 is 0 Å². The number of carbonyl (C=O) groups is 1. The Morgan fingerprint density at radius 3 is 2.79 bits per heavy atom. The third-order valence-electron chi connectivity index (χ3n) is 2.57. The molecule has 0 aliphatic heterocycles. The first kappa shape index (κ1) is 15.8. The normalized spacial score (nSPS) is 12.1. The first-order chi connectivity index (χ1) is 9.13. The van der Waals surface area contributed by atoms with Crippen LogP contribution in [0.4, 0.5) is 4.39 Å². The Hall–Kier alpha value is -1.23. The lowest BCUT2D eigenvalue weighted by molar-refractivity contribution is -0.143. The summed E-state index contributed by atoms with van der Waals surface area (Å²) in [5.41, 5.74) is 0. The maximum atomic E-state index is 12.9. The molecule has 0 aliphatic rings. The molecule has 0 fully saturated rings. The second-order valence-corrected chi connectivity index (χ2v) is 5.69. The van der Waals surface area contributed by atoms with Gasteiger partial charge in [0.05, 0.1) is 17.4 Å². The summed E-state index contributed by atoms with van der Waals surface area (Å²) in [6, 6.07) is 5.86. The third kappa shape index (κ3) is 6.47. The molecule has 106 valence electrons. The summed E-state index contributed by atoms with van der Waals surface area (Å²) in [6.07, 6.45) is 2.71. The average molecular weight is 286 g/mol. The molecule has 19 heavy (non-hydrogen) atoms. The zero-order chi connectivity index (χ0) is 14.1. The summed E-state index contributed by atoms with van der Waals surface area (Å²) in [7, 11) is -1.17. The zero-order valence-electron chi connectivity index (χ0n) is 11.1. The van der Waals surface area contributed by atoms with Gasteiger partial charge in [-0.15, -0.1) is 0 Å². The van der Waals surface area contributed by atoms with Gasteiger partial charge in [-0.25, -0.2) is 4.39 Å². The molecule has 0 bridgehead atoms. The van der Waals surface area contributed by atoms with Crippen LogP contribution in [0.1, 0.15) is 32.6 Å². The van der Waals surface area contributed by atoms with E-state index in [1.165, 1.54) is 12.1 Å². The predicted octanol–water partition coefficient (Wildman–Crippen LogP) is 3.06. The molecule has 1 aromatic rings. The van der Waals surface area contributed by atoms with Gasteiger partial charge in [-0.05, 0) is 38.0 Å². The van der Waals surface area contributed by atoms with Crippen molar-refractivity contribution in [1.29, 1.82) is 0 Å². The van der Waals surface area contributed by atoms with Gasteiger partial charge < -0.3 is 4.74 Å². The number of halogens is 1. The summed E-state index contributed by atoms with van der Waals surface area (Å²) in [5.74, 6) is -0.0614. The average Bonchev–Trinajstić information content (AvgIpc) is 2.38. The highest BCUT2D eigenvalue weighted by Crippen LogP contribution is 2.11. The van der Waals surface area contributed by atoms with E-state index in [9.17, 15) is 13.4 Å². The van der Waals surface area contributed by atoms with Gasteiger partial charge >= 0.3 is 5.97 Å². The van der Waals surface area contributed by atoms with Crippen LogP contribution in [0.25, 0.3) is 0 Å². The first-order valence-corrected chi connectivity index (χ1v) is 7.75. The molecule has 0 spiro atoms. The smallest absolute Gasteiger partial charge is 0.305 e. The number of carbonyl (C=O) groups excluding carboxylic acids is 1. The van der Waals surface area contributed by atoms with Crippen LogP contribution in [-0.4, -0.2) is 22.5 Å². The molecule has 0 aliphatic carbocycles. The van der Waals surface area contributed by atoms with Crippen LogP contribution in [0.3, 0.4) is 0 Å². The molecule has 0 aromatic heterocycles. The van der Waals surface area contributed by atoms with Crippen molar-refractivity contribution in [3.05, 3.63) is 30.1 Å². The van der Waals surface area contributed by atoms with Crippen molar-refractivity contribution in [1.82, 2.24) is 0 Å². The second kappa shape index (κ2) is 8.80. The standard InChI is InChI=1S/C14H19FO3S/c1-2-18-14(16)9-4-3-5-10-19(17)13-8-6-7-12(15)11-13/h6-8,11H,2-5,9-10H2,1H3. The Bertz CT molecular complexity index is 434. The number of unbranched alkanes of at least 4 members (excludes halogenated alkanes) is 2. The summed E-state index contributed by atoms with van der Waals surface area (Å²) >= 11 is 0. The van der Waals surface area contributed by atoms with Crippen LogP contribution in [0, 0.1) is 5.82 Å². The van der Waals surface area contributed by atoms with Crippen LogP contribution in [0.15, 0.2) is 29.2 Å². The van der Waals surface area contributed by atoms with E-state index in [0.717, 1.165) is 19.3 Å². The first-order valence-electron chi connectivity index (χ1n) is 6.43. The third-order valence-corrected chi connectivity index (χ3v) is 4.01. The van der Waals surface area contributed by atoms with E-state index in [4.69, 9.17) is 4.74 Å². The minimum absolute atomic E-state index is 0.186. The van der Waals surface area contributed by atoms with Crippen LogP contribution in [-0.2, 0) is 20.3 Å². The van der Waals surface area contributed by atoms with E-state index in [2.05, 4.69) is 0 Å². The Morgan fingerprint density at radius 2 is 2.11 bits per heavy atom. The maximum Gasteiger partial charge on any atom is 0.305 e. The Balaban J connectivity index is 2.19. The monoisotopic (exact) mass is 286 g/mol. The van der Waals surface area contributed by atoms with Gasteiger partial charge in [-0.2, -0.15) is 0 Å². The molecule has 3 nitrogen and oxygen atoms in total. The Kier molecular flexibility index (Phi) is 7.33.